The van der Waals surface area contributed by atoms with Gasteiger partial charge in [-0.05, 0) is 19.4 Å². The molecule has 0 saturated heterocycles. The molecule has 8 nitrogen and oxygen atoms in total. The van der Waals surface area contributed by atoms with E-state index in [0.717, 1.165) is 23.5 Å². The monoisotopic (exact) mass is 259 g/mol. The molecule has 2 aromatic heterocycles. The van der Waals surface area contributed by atoms with Crippen molar-refractivity contribution in [2.24, 2.45) is 15.2 Å². The zero-order chi connectivity index (χ0) is 13.2. The average molecular weight is 259 g/mol. The molecule has 0 spiro atoms. The minimum atomic E-state index is 0.274. The van der Waals surface area contributed by atoms with Crippen LogP contribution in [0.4, 0.5) is 0 Å². The number of aromatic nitrogens is 4. The van der Waals surface area contributed by atoms with Crippen molar-refractivity contribution in [3.05, 3.63) is 17.5 Å². The van der Waals surface area contributed by atoms with E-state index in [2.05, 4.69) is 30.5 Å². The lowest BCUT2D eigenvalue weighted by molar-refractivity contribution is 0.349. The number of hydrogen-bond acceptors (Lipinski definition) is 7. The molecule has 3 heterocycles. The van der Waals surface area contributed by atoms with Gasteiger partial charge in [0.1, 0.15) is 0 Å². The van der Waals surface area contributed by atoms with E-state index < -0.39 is 0 Å². The second-order valence-electron chi connectivity index (χ2n) is 4.09. The molecule has 0 unspecified atom stereocenters. The Morgan fingerprint density at radius 2 is 2.26 bits per heavy atom. The molecular formula is C11H13N7O. The topological polar surface area (TPSA) is 89.4 Å². The van der Waals surface area contributed by atoms with E-state index in [9.17, 15) is 0 Å². The summed E-state index contributed by atoms with van der Waals surface area (Å²) in [6, 6.07) is 1.93. The Bertz CT molecular complexity index is 673. The molecule has 0 fully saturated rings. The molecule has 1 aliphatic heterocycles. The Morgan fingerprint density at radius 3 is 3.00 bits per heavy atom. The summed E-state index contributed by atoms with van der Waals surface area (Å²) in [6.45, 7) is 4.54. The maximum atomic E-state index is 5.67. The van der Waals surface area contributed by atoms with Crippen LogP contribution in [-0.4, -0.2) is 38.9 Å². The number of fused-ring (bicyclic) bond motifs is 1. The van der Waals surface area contributed by atoms with E-state index in [0.29, 0.717) is 18.4 Å². The van der Waals surface area contributed by atoms with Gasteiger partial charge in [-0.1, -0.05) is 6.92 Å². The van der Waals surface area contributed by atoms with Crippen LogP contribution in [0.15, 0.2) is 21.3 Å². The Morgan fingerprint density at radius 1 is 1.37 bits per heavy atom. The predicted octanol–water partition coefficient (Wildman–Crippen LogP) is 1.20. The Hall–Kier alpha value is -2.38. The van der Waals surface area contributed by atoms with Crippen molar-refractivity contribution in [1.29, 1.82) is 0 Å². The van der Waals surface area contributed by atoms with Gasteiger partial charge in [0.05, 0.1) is 0 Å². The molecule has 2 aromatic rings. The predicted molar refractivity (Wildman–Crippen MR) is 67.6 cm³/mol. The van der Waals surface area contributed by atoms with Crippen LogP contribution in [0.3, 0.4) is 0 Å². The standard InChI is InChI=1S/C11H13N7O/c1-3-8-4-10-16-14-7(2)18(10)17-11(8)19-5-9-12-6-13-15-9/h4H,3,5-6H2,1-2H3. The van der Waals surface area contributed by atoms with Gasteiger partial charge in [0, 0.05) is 5.56 Å². The molecule has 0 radical (unpaired) electrons. The molecule has 0 bridgehead atoms. The number of nitrogens with zero attached hydrogens (tertiary/aromatic N) is 7. The SMILES string of the molecule is CCc1cc2nnc(C)n2nc1OCC1=NCN=N1. The number of aliphatic imine (C=N–C) groups is 1. The number of rotatable bonds is 4. The lowest BCUT2D eigenvalue weighted by Gasteiger charge is -2.08. The number of azo groups is 1. The highest BCUT2D eigenvalue weighted by Crippen LogP contribution is 2.18. The van der Waals surface area contributed by atoms with E-state index in [4.69, 9.17) is 4.74 Å². The van der Waals surface area contributed by atoms with Crippen LogP contribution in [-0.2, 0) is 6.42 Å². The van der Waals surface area contributed by atoms with E-state index in [1.807, 2.05) is 19.9 Å². The largest absolute Gasteiger partial charge is 0.468 e. The average Bonchev–Trinajstić information content (AvgIpc) is 3.06. The van der Waals surface area contributed by atoms with Crippen molar-refractivity contribution < 1.29 is 4.74 Å². The van der Waals surface area contributed by atoms with Crippen LogP contribution in [0.5, 0.6) is 5.88 Å². The molecule has 0 aromatic carbocycles. The van der Waals surface area contributed by atoms with Gasteiger partial charge in [0.2, 0.25) is 5.88 Å². The van der Waals surface area contributed by atoms with Gasteiger partial charge in [-0.2, -0.15) is 9.63 Å². The molecule has 0 N–H and O–H groups in total. The summed E-state index contributed by atoms with van der Waals surface area (Å²) in [5.41, 5.74) is 1.70. The van der Waals surface area contributed by atoms with Gasteiger partial charge in [-0.3, -0.25) is 0 Å². The summed E-state index contributed by atoms with van der Waals surface area (Å²) in [5, 5.41) is 20.1. The molecule has 0 aliphatic carbocycles. The van der Waals surface area contributed by atoms with Crippen LogP contribution in [0, 0.1) is 6.92 Å². The first-order chi connectivity index (χ1) is 9.28. The van der Waals surface area contributed by atoms with Crippen molar-refractivity contribution in [3.8, 4) is 5.88 Å². The molecule has 19 heavy (non-hydrogen) atoms. The maximum Gasteiger partial charge on any atom is 0.235 e. The first-order valence-corrected chi connectivity index (χ1v) is 6.03. The van der Waals surface area contributed by atoms with Crippen molar-refractivity contribution >= 4 is 11.5 Å². The van der Waals surface area contributed by atoms with Crippen LogP contribution in [0.1, 0.15) is 18.3 Å². The minimum Gasteiger partial charge on any atom is -0.468 e. The summed E-state index contributed by atoms with van der Waals surface area (Å²) in [7, 11) is 0. The molecule has 0 atom stereocenters. The van der Waals surface area contributed by atoms with E-state index >= 15 is 0 Å². The summed E-state index contributed by atoms with van der Waals surface area (Å²) < 4.78 is 7.33. The second-order valence-corrected chi connectivity index (χ2v) is 4.09. The third-order valence-electron chi connectivity index (χ3n) is 2.81. The Balaban J connectivity index is 1.91. The Kier molecular flexibility index (Phi) is 2.90. The van der Waals surface area contributed by atoms with Crippen molar-refractivity contribution in [3.63, 3.8) is 0 Å². The fraction of sp³-hybridized carbons (Fsp3) is 0.455. The third kappa shape index (κ3) is 2.16. The lowest BCUT2D eigenvalue weighted by Crippen LogP contribution is -2.11. The third-order valence-corrected chi connectivity index (χ3v) is 2.81. The summed E-state index contributed by atoms with van der Waals surface area (Å²) in [6.07, 6.45) is 0.804. The van der Waals surface area contributed by atoms with Crippen LogP contribution < -0.4 is 4.74 Å². The normalized spacial score (nSPS) is 14.1. The number of ether oxygens (including phenoxy) is 1. The van der Waals surface area contributed by atoms with Crippen LogP contribution >= 0.6 is 0 Å². The van der Waals surface area contributed by atoms with E-state index in [1.54, 1.807) is 4.52 Å². The first kappa shape index (κ1) is 11.7. The molecule has 0 saturated carbocycles. The highest BCUT2D eigenvalue weighted by molar-refractivity contribution is 5.84. The zero-order valence-electron chi connectivity index (χ0n) is 10.7. The van der Waals surface area contributed by atoms with Gasteiger partial charge >= 0.3 is 0 Å². The molecular weight excluding hydrogens is 246 g/mol. The number of hydrogen-bond donors (Lipinski definition) is 0. The summed E-state index contributed by atoms with van der Waals surface area (Å²) in [5.74, 6) is 1.87. The lowest BCUT2D eigenvalue weighted by atomic mass is 10.2. The maximum absolute atomic E-state index is 5.67. The van der Waals surface area contributed by atoms with Gasteiger partial charge in [-0.25, -0.2) is 4.99 Å². The quantitative estimate of drug-likeness (QED) is 0.825. The van der Waals surface area contributed by atoms with E-state index in [1.165, 1.54) is 0 Å². The molecule has 3 rings (SSSR count). The molecule has 1 aliphatic rings. The molecule has 98 valence electrons. The fourth-order valence-corrected chi connectivity index (χ4v) is 1.80. The van der Waals surface area contributed by atoms with Gasteiger partial charge in [0.15, 0.2) is 30.6 Å². The summed E-state index contributed by atoms with van der Waals surface area (Å²) >= 11 is 0. The van der Waals surface area contributed by atoms with Gasteiger partial charge < -0.3 is 4.74 Å². The first-order valence-electron chi connectivity index (χ1n) is 6.03. The van der Waals surface area contributed by atoms with E-state index in [-0.39, 0.29) is 6.61 Å². The van der Waals surface area contributed by atoms with Gasteiger partial charge in [0.25, 0.3) is 0 Å². The Labute approximate surface area is 109 Å². The number of amidine groups is 1. The number of aryl methyl sites for hydroxylation is 2. The van der Waals surface area contributed by atoms with Gasteiger partial charge in [-0.15, -0.1) is 20.4 Å². The molecule has 0 amide bonds. The van der Waals surface area contributed by atoms with Crippen molar-refractivity contribution in [2.45, 2.75) is 20.3 Å². The minimum absolute atomic E-state index is 0.274. The highest BCUT2D eigenvalue weighted by Gasteiger charge is 2.12. The molecule has 8 heteroatoms. The van der Waals surface area contributed by atoms with Crippen LogP contribution in [0.2, 0.25) is 0 Å². The smallest absolute Gasteiger partial charge is 0.235 e. The van der Waals surface area contributed by atoms with Crippen LogP contribution in [0.25, 0.3) is 5.65 Å². The fourth-order valence-electron chi connectivity index (χ4n) is 1.80. The van der Waals surface area contributed by atoms with Crippen molar-refractivity contribution in [1.82, 2.24) is 19.8 Å². The second kappa shape index (κ2) is 4.71. The summed E-state index contributed by atoms with van der Waals surface area (Å²) in [4.78, 5) is 4.08. The highest BCUT2D eigenvalue weighted by atomic mass is 16.5. The zero-order valence-corrected chi connectivity index (χ0v) is 10.7. The van der Waals surface area contributed by atoms with Crippen molar-refractivity contribution in [2.75, 3.05) is 13.3 Å².